The van der Waals surface area contributed by atoms with E-state index in [9.17, 15) is 4.79 Å². The molecule has 4 aromatic carbocycles. The number of carbonyl (C=O) groups excluding carboxylic acids is 1. The van der Waals surface area contributed by atoms with Crippen molar-refractivity contribution in [1.82, 2.24) is 24.8 Å². The van der Waals surface area contributed by atoms with E-state index in [1.54, 1.807) is 0 Å². The Morgan fingerprint density at radius 1 is 0.837 bits per heavy atom. The first-order valence-electron chi connectivity index (χ1n) is 15.5. The van der Waals surface area contributed by atoms with Gasteiger partial charge in [-0.15, -0.1) is 0 Å². The van der Waals surface area contributed by atoms with E-state index in [-0.39, 0.29) is 12.1 Å². The Morgan fingerprint density at radius 3 is 2.07 bits per heavy atom. The minimum absolute atomic E-state index is 0.109. The van der Waals surface area contributed by atoms with Crippen LogP contribution >= 0.6 is 0 Å². The van der Waals surface area contributed by atoms with E-state index in [1.807, 2.05) is 25.7 Å². The molecule has 0 aliphatic carbocycles. The lowest BCUT2D eigenvalue weighted by atomic mass is 9.98. The molecule has 0 saturated carbocycles. The van der Waals surface area contributed by atoms with Crippen LogP contribution < -0.4 is 5.32 Å². The molecule has 2 aromatic heterocycles. The summed E-state index contributed by atoms with van der Waals surface area (Å²) in [5.41, 5.74) is 5.90. The highest BCUT2D eigenvalue weighted by molar-refractivity contribution is 6.07. The van der Waals surface area contributed by atoms with Crippen molar-refractivity contribution in [2.75, 3.05) is 13.1 Å². The van der Waals surface area contributed by atoms with Crippen LogP contribution in [0.2, 0.25) is 0 Å². The molecule has 2 aliphatic heterocycles. The van der Waals surface area contributed by atoms with E-state index in [0.29, 0.717) is 12.6 Å². The van der Waals surface area contributed by atoms with Gasteiger partial charge in [0.1, 0.15) is 17.5 Å². The normalized spacial score (nSPS) is 19.4. The summed E-state index contributed by atoms with van der Waals surface area (Å²) in [4.78, 5) is 31.9. The second-order valence-corrected chi connectivity index (χ2v) is 13.1. The number of aromatic amines is 2. The van der Waals surface area contributed by atoms with Crippen LogP contribution in [-0.4, -0.2) is 49.6 Å². The van der Waals surface area contributed by atoms with Crippen LogP contribution in [0.4, 0.5) is 4.79 Å². The Bertz CT molecular complexity index is 2030. The number of fused-ring (bicyclic) bond motifs is 6. The third-order valence-corrected chi connectivity index (χ3v) is 9.02. The predicted molar refractivity (Wildman–Crippen MR) is 170 cm³/mol. The van der Waals surface area contributed by atoms with E-state index in [1.165, 1.54) is 41.3 Å². The van der Waals surface area contributed by atoms with Gasteiger partial charge in [-0.25, -0.2) is 14.8 Å². The minimum Gasteiger partial charge on any atom is -0.444 e. The Hall–Kier alpha value is -4.43. The third kappa shape index (κ3) is 4.61. The van der Waals surface area contributed by atoms with Crippen molar-refractivity contribution in [3.63, 3.8) is 0 Å². The summed E-state index contributed by atoms with van der Waals surface area (Å²) >= 11 is 0. The molecule has 2 atom stereocenters. The van der Waals surface area contributed by atoms with Gasteiger partial charge in [-0.3, -0.25) is 4.90 Å². The first kappa shape index (κ1) is 26.2. The summed E-state index contributed by atoms with van der Waals surface area (Å²) in [6.45, 7) is 7.56. The molecule has 2 saturated heterocycles. The first-order chi connectivity index (χ1) is 20.8. The molecule has 6 aromatic rings. The maximum absolute atomic E-state index is 12.9. The number of hydrogen-bond donors (Lipinski definition) is 3. The number of hydrogen-bond acceptors (Lipinski definition) is 4. The average Bonchev–Trinajstić information content (AvgIpc) is 3.80. The Kier molecular flexibility index (Phi) is 5.98. The molecule has 8 heteroatoms. The number of nitrogens with one attached hydrogen (secondary N) is 2. The van der Waals surface area contributed by atoms with Crippen molar-refractivity contribution in [3.05, 3.63) is 72.3 Å². The number of likely N-dealkylation sites (tertiary alicyclic amines) is 1. The van der Waals surface area contributed by atoms with Crippen LogP contribution in [-0.2, 0) is 4.74 Å². The summed E-state index contributed by atoms with van der Waals surface area (Å²) in [6.07, 6.45) is 3.95. The number of nitrogens with two attached hydrogens (primary N) is 1. The highest BCUT2D eigenvalue weighted by Gasteiger charge is 2.35. The van der Waals surface area contributed by atoms with E-state index >= 15 is 0 Å². The van der Waals surface area contributed by atoms with Crippen molar-refractivity contribution in [1.29, 1.82) is 0 Å². The Morgan fingerprint density at radius 2 is 1.47 bits per heavy atom. The molecule has 8 nitrogen and oxygen atoms in total. The SMILES string of the molecule is CC(C)(C)OC(=O)N1CCCC1c1nc2c(ccc3cc(-c4ccc5c(ccc6[nH]c(C7CCC[NH2+]7)nc65)c4)ccc32)[nH]1. The number of rotatable bonds is 3. The van der Waals surface area contributed by atoms with Crippen molar-refractivity contribution < 1.29 is 14.8 Å². The van der Waals surface area contributed by atoms with E-state index < -0.39 is 5.60 Å². The summed E-state index contributed by atoms with van der Waals surface area (Å²) in [5, 5.41) is 7.00. The van der Waals surface area contributed by atoms with Crippen LogP contribution in [0.3, 0.4) is 0 Å². The lowest BCUT2D eigenvalue weighted by Crippen LogP contribution is -2.82. The number of benzene rings is 4. The highest BCUT2D eigenvalue weighted by Crippen LogP contribution is 2.36. The number of quaternary nitrogens is 1. The van der Waals surface area contributed by atoms with Crippen LogP contribution in [0.25, 0.3) is 54.7 Å². The summed E-state index contributed by atoms with van der Waals surface area (Å²) in [7, 11) is 0. The quantitative estimate of drug-likeness (QED) is 0.215. The topological polar surface area (TPSA) is 104 Å². The predicted octanol–water partition coefficient (Wildman–Crippen LogP) is 6.88. The molecule has 4 heterocycles. The molecule has 8 rings (SSSR count). The summed E-state index contributed by atoms with van der Waals surface area (Å²) in [5.74, 6) is 1.92. The molecule has 218 valence electrons. The number of H-pyrrole nitrogens is 2. The number of nitrogens with zero attached hydrogens (tertiary/aromatic N) is 3. The summed E-state index contributed by atoms with van der Waals surface area (Å²) < 4.78 is 5.68. The molecule has 2 aliphatic rings. The Labute approximate surface area is 249 Å². The minimum atomic E-state index is -0.528. The standard InChI is InChI=1S/C35H36N6O2/c1-35(2,3)43-34(42)41-17-5-7-29(41)33-38-27-15-11-23-19-21(9-13-25(23)31(27)40-33)20-8-12-24-22(18-20)10-14-26-30(24)39-32(37-26)28-6-4-16-36-28/h8-15,18-19,28-29,36H,4-7,16-17H2,1-3H3,(H,37,39)(H,38,40)/p+1. The van der Waals surface area contributed by atoms with E-state index in [0.717, 1.165) is 57.3 Å². The van der Waals surface area contributed by atoms with Gasteiger partial charge in [-0.2, -0.15) is 0 Å². The number of aromatic nitrogens is 4. The van der Waals surface area contributed by atoms with Crippen LogP contribution in [0.15, 0.2) is 60.7 Å². The maximum atomic E-state index is 12.9. The molecular weight excluding hydrogens is 536 g/mol. The van der Waals surface area contributed by atoms with Gasteiger partial charge in [-0.05, 0) is 79.8 Å². The van der Waals surface area contributed by atoms with Crippen LogP contribution in [0.5, 0.6) is 0 Å². The third-order valence-electron chi connectivity index (χ3n) is 9.02. The fourth-order valence-corrected chi connectivity index (χ4v) is 6.95. The largest absolute Gasteiger partial charge is 0.444 e. The zero-order valence-corrected chi connectivity index (χ0v) is 24.9. The van der Waals surface area contributed by atoms with E-state index in [4.69, 9.17) is 14.7 Å². The van der Waals surface area contributed by atoms with Gasteiger partial charge in [0, 0.05) is 30.2 Å². The van der Waals surface area contributed by atoms with Gasteiger partial charge in [0.05, 0.1) is 34.7 Å². The van der Waals surface area contributed by atoms with Crippen molar-refractivity contribution in [3.8, 4) is 11.1 Å². The smallest absolute Gasteiger partial charge is 0.410 e. The van der Waals surface area contributed by atoms with Gasteiger partial charge < -0.3 is 20.0 Å². The van der Waals surface area contributed by atoms with Crippen LogP contribution in [0, 0.1) is 0 Å². The van der Waals surface area contributed by atoms with Crippen molar-refractivity contribution in [2.24, 2.45) is 0 Å². The van der Waals surface area contributed by atoms with Gasteiger partial charge in [0.15, 0.2) is 5.82 Å². The number of carbonyl (C=O) groups is 1. The lowest BCUT2D eigenvalue weighted by molar-refractivity contribution is -0.677. The number of ether oxygens (including phenoxy) is 1. The molecule has 0 spiro atoms. The summed E-state index contributed by atoms with van der Waals surface area (Å²) in [6, 6.07) is 22.2. The molecule has 0 bridgehead atoms. The van der Waals surface area contributed by atoms with Crippen molar-refractivity contribution >= 4 is 49.7 Å². The average molecular weight is 574 g/mol. The van der Waals surface area contributed by atoms with Gasteiger partial charge in [0.2, 0.25) is 0 Å². The van der Waals surface area contributed by atoms with E-state index in [2.05, 4.69) is 75.9 Å². The van der Waals surface area contributed by atoms with Crippen molar-refractivity contribution in [2.45, 2.75) is 64.1 Å². The zero-order chi connectivity index (χ0) is 29.3. The monoisotopic (exact) mass is 573 g/mol. The fourth-order valence-electron chi connectivity index (χ4n) is 6.95. The molecule has 2 unspecified atom stereocenters. The molecule has 1 amide bonds. The fraction of sp³-hybridized carbons (Fsp3) is 0.343. The molecule has 4 N–H and O–H groups in total. The number of imidazole rings is 2. The molecule has 2 fully saturated rings. The number of amides is 1. The lowest BCUT2D eigenvalue weighted by Gasteiger charge is -2.27. The zero-order valence-electron chi connectivity index (χ0n) is 24.9. The molecule has 43 heavy (non-hydrogen) atoms. The second-order valence-electron chi connectivity index (χ2n) is 13.1. The molecule has 0 radical (unpaired) electrons. The first-order valence-corrected chi connectivity index (χ1v) is 15.5. The van der Waals surface area contributed by atoms with Crippen LogP contribution in [0.1, 0.15) is 70.2 Å². The highest BCUT2D eigenvalue weighted by atomic mass is 16.6. The van der Waals surface area contributed by atoms with Gasteiger partial charge >= 0.3 is 6.09 Å². The second kappa shape index (κ2) is 9.81. The maximum Gasteiger partial charge on any atom is 0.410 e. The Balaban J connectivity index is 1.12. The molecular formula is C35H37N6O2+. The van der Waals surface area contributed by atoms with Gasteiger partial charge in [-0.1, -0.05) is 36.4 Å². The van der Waals surface area contributed by atoms with Gasteiger partial charge in [0.25, 0.3) is 0 Å².